The van der Waals surface area contributed by atoms with E-state index in [1.54, 1.807) is 24.3 Å². The highest BCUT2D eigenvalue weighted by Crippen LogP contribution is 2.45. The van der Waals surface area contributed by atoms with Crippen LogP contribution in [0.15, 0.2) is 87.4 Å². The number of azide groups is 1. The van der Waals surface area contributed by atoms with Gasteiger partial charge in [-0.1, -0.05) is 77.2 Å². The maximum Gasteiger partial charge on any atom is 0.252 e. The standard InChI is InChI=1S/C31H34BrN5O4/c1-2-3-6-18-34-30(39)31(21-22-10-14-24(32)15-11-22)28(26-8-4-5-9-27(26)36-37-33)41-29(35-31)23-12-16-25(17-13-23)40-20-7-19-38/h4-5,8-17,28,38H,2-3,6-7,18-21H2,1H3,(H,34,39)/t28-,31-/m1/s1. The van der Waals surface area contributed by atoms with Crippen LogP contribution >= 0.6 is 15.9 Å². The molecule has 10 heteroatoms. The highest BCUT2D eigenvalue weighted by molar-refractivity contribution is 9.10. The number of rotatable bonds is 14. The molecule has 4 rings (SSSR count). The molecule has 0 aromatic heterocycles. The molecule has 9 nitrogen and oxygen atoms in total. The SMILES string of the molecule is CCCCCNC(=O)[C@]1(Cc2ccc(Br)cc2)N=C(c2ccc(OCCCO)cc2)O[C@@H]1c1ccccc1N=[N+]=[N-]. The molecule has 3 aromatic rings. The zero-order chi connectivity index (χ0) is 29.1. The van der Waals surface area contributed by atoms with Crippen molar-refractivity contribution in [2.75, 3.05) is 19.8 Å². The Morgan fingerprint density at radius 3 is 2.59 bits per heavy atom. The maximum absolute atomic E-state index is 14.2. The minimum Gasteiger partial charge on any atom is -0.494 e. The van der Waals surface area contributed by atoms with Crippen LogP contribution in [-0.4, -0.2) is 42.2 Å². The van der Waals surface area contributed by atoms with Gasteiger partial charge in [0.1, 0.15) is 5.75 Å². The predicted octanol–water partition coefficient (Wildman–Crippen LogP) is 6.96. The molecule has 214 valence electrons. The fourth-order valence-corrected chi connectivity index (χ4v) is 5.02. The number of aliphatic imine (C=N–C) groups is 1. The van der Waals surface area contributed by atoms with E-state index < -0.39 is 11.6 Å². The number of carbonyl (C=O) groups excluding carboxylic acids is 1. The largest absolute Gasteiger partial charge is 0.494 e. The molecule has 0 fully saturated rings. The highest BCUT2D eigenvalue weighted by Gasteiger charge is 2.53. The summed E-state index contributed by atoms with van der Waals surface area (Å²) in [6.45, 7) is 3.09. The Morgan fingerprint density at radius 2 is 1.88 bits per heavy atom. The number of amides is 1. The molecule has 41 heavy (non-hydrogen) atoms. The summed E-state index contributed by atoms with van der Waals surface area (Å²) in [7, 11) is 0. The Hall–Kier alpha value is -3.85. The van der Waals surface area contributed by atoms with E-state index in [0.717, 1.165) is 29.3 Å². The van der Waals surface area contributed by atoms with Crippen LogP contribution in [0.3, 0.4) is 0 Å². The highest BCUT2D eigenvalue weighted by atomic mass is 79.9. The van der Waals surface area contributed by atoms with E-state index in [9.17, 15) is 10.3 Å². The minimum atomic E-state index is -1.37. The first kappa shape index (κ1) is 30.1. The molecule has 2 atom stereocenters. The number of benzene rings is 3. The maximum atomic E-state index is 14.2. The molecule has 0 unspecified atom stereocenters. The molecule has 0 spiro atoms. The second kappa shape index (κ2) is 14.7. The van der Waals surface area contributed by atoms with Gasteiger partial charge in [-0.2, -0.15) is 0 Å². The fraction of sp³-hybridized carbons (Fsp3) is 0.355. The third-order valence-corrected chi connectivity index (χ3v) is 7.38. The van der Waals surface area contributed by atoms with Gasteiger partial charge < -0.3 is 19.9 Å². The molecule has 1 amide bonds. The number of nitrogens with one attached hydrogen (secondary N) is 1. The van der Waals surface area contributed by atoms with Crippen molar-refractivity contribution in [1.82, 2.24) is 5.32 Å². The third-order valence-electron chi connectivity index (χ3n) is 6.85. The van der Waals surface area contributed by atoms with Crippen LogP contribution in [0.5, 0.6) is 5.75 Å². The summed E-state index contributed by atoms with van der Waals surface area (Å²) in [5, 5.41) is 16.0. The monoisotopic (exact) mass is 619 g/mol. The van der Waals surface area contributed by atoms with Gasteiger partial charge in [0.15, 0.2) is 11.6 Å². The number of halogens is 1. The Bertz CT molecular complexity index is 1390. The number of ether oxygens (including phenoxy) is 2. The van der Waals surface area contributed by atoms with Gasteiger partial charge in [0.2, 0.25) is 5.90 Å². The van der Waals surface area contributed by atoms with Gasteiger partial charge >= 0.3 is 0 Å². The van der Waals surface area contributed by atoms with Crippen molar-refractivity contribution in [2.24, 2.45) is 10.1 Å². The number of carbonyl (C=O) groups is 1. The molecule has 1 aliphatic rings. The summed E-state index contributed by atoms with van der Waals surface area (Å²) in [6, 6.07) is 22.2. The number of nitrogens with zero attached hydrogens (tertiary/aromatic N) is 4. The summed E-state index contributed by atoms with van der Waals surface area (Å²) in [6.07, 6.45) is 2.84. The van der Waals surface area contributed by atoms with E-state index in [-0.39, 0.29) is 18.9 Å². The molecule has 0 bridgehead atoms. The predicted molar refractivity (Wildman–Crippen MR) is 162 cm³/mol. The zero-order valence-corrected chi connectivity index (χ0v) is 24.6. The van der Waals surface area contributed by atoms with Crippen molar-refractivity contribution in [3.8, 4) is 5.75 Å². The van der Waals surface area contributed by atoms with E-state index in [2.05, 4.69) is 38.2 Å². The van der Waals surface area contributed by atoms with Gasteiger partial charge in [0.25, 0.3) is 5.91 Å². The molecule has 1 aliphatic heterocycles. The first-order valence-electron chi connectivity index (χ1n) is 13.8. The summed E-state index contributed by atoms with van der Waals surface area (Å²) in [5.74, 6) is 0.713. The molecular formula is C31H34BrN5O4. The van der Waals surface area contributed by atoms with Gasteiger partial charge in [0, 0.05) is 52.2 Å². The lowest BCUT2D eigenvalue weighted by Gasteiger charge is -2.31. The normalized spacial score (nSPS) is 17.7. The molecule has 3 aromatic carbocycles. The number of aliphatic hydroxyl groups is 1. The van der Waals surface area contributed by atoms with Crippen LogP contribution in [0.25, 0.3) is 10.4 Å². The topological polar surface area (TPSA) is 129 Å². The van der Waals surface area contributed by atoms with E-state index in [1.165, 1.54) is 0 Å². The lowest BCUT2D eigenvalue weighted by molar-refractivity contribution is -0.128. The Morgan fingerprint density at radius 1 is 1.12 bits per heavy atom. The van der Waals surface area contributed by atoms with Crippen LogP contribution in [0.4, 0.5) is 5.69 Å². The first-order valence-corrected chi connectivity index (χ1v) is 14.6. The average Bonchev–Trinajstić information content (AvgIpc) is 3.37. The number of hydrogen-bond acceptors (Lipinski definition) is 6. The zero-order valence-electron chi connectivity index (χ0n) is 23.0. The van der Waals surface area contributed by atoms with Crippen molar-refractivity contribution in [1.29, 1.82) is 0 Å². The molecule has 1 heterocycles. The van der Waals surface area contributed by atoms with E-state index in [4.69, 9.17) is 19.6 Å². The van der Waals surface area contributed by atoms with Crippen molar-refractivity contribution in [3.05, 3.63) is 104 Å². The smallest absolute Gasteiger partial charge is 0.252 e. The third kappa shape index (κ3) is 7.47. The van der Waals surface area contributed by atoms with Gasteiger partial charge in [-0.15, -0.1) is 0 Å². The fourth-order valence-electron chi connectivity index (χ4n) is 4.75. The van der Waals surface area contributed by atoms with Crippen LogP contribution in [0.1, 0.15) is 55.4 Å². The van der Waals surface area contributed by atoms with Crippen molar-refractivity contribution < 1.29 is 19.4 Å². The summed E-state index contributed by atoms with van der Waals surface area (Å²) >= 11 is 3.49. The molecule has 0 radical (unpaired) electrons. The second-order valence-electron chi connectivity index (χ2n) is 9.80. The summed E-state index contributed by atoms with van der Waals surface area (Å²) in [4.78, 5) is 22.2. The van der Waals surface area contributed by atoms with Crippen LogP contribution in [-0.2, 0) is 16.0 Å². The van der Waals surface area contributed by atoms with Crippen molar-refractivity contribution in [3.63, 3.8) is 0 Å². The van der Waals surface area contributed by atoms with Gasteiger partial charge in [-0.05, 0) is 53.9 Å². The van der Waals surface area contributed by atoms with E-state index >= 15 is 0 Å². The molecule has 0 saturated heterocycles. The Kier molecular flexibility index (Phi) is 10.8. The number of aliphatic hydroxyl groups excluding tert-OH is 1. The van der Waals surface area contributed by atoms with E-state index in [0.29, 0.717) is 48.0 Å². The van der Waals surface area contributed by atoms with Crippen LogP contribution in [0, 0.1) is 0 Å². The Labute approximate surface area is 248 Å². The lowest BCUT2D eigenvalue weighted by Crippen LogP contribution is -2.50. The molecule has 0 saturated carbocycles. The summed E-state index contributed by atoms with van der Waals surface area (Å²) < 4.78 is 13.1. The van der Waals surface area contributed by atoms with Gasteiger partial charge in [-0.3, -0.25) is 4.79 Å². The number of hydrogen-bond donors (Lipinski definition) is 2. The lowest BCUT2D eigenvalue weighted by atomic mass is 9.81. The van der Waals surface area contributed by atoms with Gasteiger partial charge in [-0.25, -0.2) is 4.99 Å². The quantitative estimate of drug-likeness (QED) is 0.0874. The first-order chi connectivity index (χ1) is 20.0. The van der Waals surface area contributed by atoms with Crippen molar-refractivity contribution in [2.45, 2.75) is 50.7 Å². The van der Waals surface area contributed by atoms with Crippen molar-refractivity contribution >= 4 is 33.4 Å². The van der Waals surface area contributed by atoms with Gasteiger partial charge in [0.05, 0.1) is 6.61 Å². The van der Waals surface area contributed by atoms with Crippen LogP contribution in [0.2, 0.25) is 0 Å². The van der Waals surface area contributed by atoms with E-state index in [1.807, 2.05) is 48.5 Å². The average molecular weight is 621 g/mol. The summed E-state index contributed by atoms with van der Waals surface area (Å²) in [5.41, 5.74) is 10.4. The van der Waals surface area contributed by atoms with Crippen LogP contribution < -0.4 is 10.1 Å². The molecule has 2 N–H and O–H groups in total. The second-order valence-corrected chi connectivity index (χ2v) is 10.7. The number of unbranched alkanes of at least 4 members (excludes halogenated alkanes) is 2. The minimum absolute atomic E-state index is 0.0579. The molecular weight excluding hydrogens is 586 g/mol. The Balaban J connectivity index is 1.80. The molecule has 0 aliphatic carbocycles.